The molecular formula is C17H16BrNO3. The van der Waals surface area contributed by atoms with Crippen molar-refractivity contribution in [3.05, 3.63) is 64.1 Å². The van der Waals surface area contributed by atoms with Gasteiger partial charge in [0.2, 0.25) is 0 Å². The fraction of sp³-hybridized carbons (Fsp3) is 0.176. The van der Waals surface area contributed by atoms with Crippen LogP contribution in [-0.2, 0) is 9.53 Å². The maximum Gasteiger partial charge on any atom is 0.338 e. The van der Waals surface area contributed by atoms with Crippen LogP contribution < -0.4 is 5.32 Å². The van der Waals surface area contributed by atoms with Crippen LogP contribution in [0.5, 0.6) is 0 Å². The van der Waals surface area contributed by atoms with Gasteiger partial charge in [0.25, 0.3) is 5.91 Å². The van der Waals surface area contributed by atoms with Crippen LogP contribution in [-0.4, -0.2) is 18.0 Å². The van der Waals surface area contributed by atoms with Crippen molar-refractivity contribution < 1.29 is 14.3 Å². The van der Waals surface area contributed by atoms with E-state index in [9.17, 15) is 9.59 Å². The molecule has 0 radical (unpaired) electrons. The Hall–Kier alpha value is -2.14. The highest BCUT2D eigenvalue weighted by Gasteiger charge is 2.19. The molecule has 1 N–H and O–H groups in total. The van der Waals surface area contributed by atoms with Crippen LogP contribution in [0.1, 0.15) is 22.8 Å². The number of anilines is 1. The number of halogens is 1. The van der Waals surface area contributed by atoms with Crippen molar-refractivity contribution in [2.24, 2.45) is 0 Å². The Morgan fingerprint density at radius 2 is 1.82 bits per heavy atom. The average molecular weight is 362 g/mol. The van der Waals surface area contributed by atoms with Crippen molar-refractivity contribution in [1.82, 2.24) is 0 Å². The summed E-state index contributed by atoms with van der Waals surface area (Å²) in [4.78, 5) is 24.0. The number of carbonyl (C=O) groups excluding carboxylic acids is 2. The molecule has 114 valence electrons. The zero-order valence-electron chi connectivity index (χ0n) is 12.3. The number of amides is 1. The van der Waals surface area contributed by atoms with Crippen LogP contribution >= 0.6 is 15.9 Å². The van der Waals surface area contributed by atoms with Gasteiger partial charge in [-0.25, -0.2) is 4.79 Å². The number of hydrogen-bond acceptors (Lipinski definition) is 3. The number of ether oxygens (including phenoxy) is 1. The lowest BCUT2D eigenvalue weighted by Crippen LogP contribution is -2.30. The maximum atomic E-state index is 12.0. The summed E-state index contributed by atoms with van der Waals surface area (Å²) in [6.45, 7) is 3.43. The lowest BCUT2D eigenvalue weighted by molar-refractivity contribution is -0.123. The van der Waals surface area contributed by atoms with Gasteiger partial charge in [-0.3, -0.25) is 4.79 Å². The van der Waals surface area contributed by atoms with Gasteiger partial charge in [-0.05, 0) is 50.2 Å². The molecule has 2 aromatic rings. The fourth-order valence-electron chi connectivity index (χ4n) is 1.83. The summed E-state index contributed by atoms with van der Waals surface area (Å²) >= 11 is 3.32. The van der Waals surface area contributed by atoms with E-state index in [1.165, 1.54) is 0 Å². The predicted molar refractivity (Wildman–Crippen MR) is 88.8 cm³/mol. The lowest BCUT2D eigenvalue weighted by atomic mass is 10.1. The van der Waals surface area contributed by atoms with Gasteiger partial charge in [0, 0.05) is 10.2 Å². The summed E-state index contributed by atoms with van der Waals surface area (Å²) in [6, 6.07) is 14.2. The summed E-state index contributed by atoms with van der Waals surface area (Å²) in [5.74, 6) is -0.884. The van der Waals surface area contributed by atoms with E-state index in [4.69, 9.17) is 4.74 Å². The molecule has 22 heavy (non-hydrogen) atoms. The SMILES string of the molecule is Cc1cccc(C(=O)O[C@@H](C)C(=O)Nc2ccc(Br)cc2)c1. The Morgan fingerprint density at radius 3 is 2.45 bits per heavy atom. The van der Waals surface area contributed by atoms with Crippen molar-refractivity contribution in [3.63, 3.8) is 0 Å². The number of rotatable bonds is 4. The van der Waals surface area contributed by atoms with Gasteiger partial charge in [-0.15, -0.1) is 0 Å². The predicted octanol–water partition coefficient (Wildman–Crippen LogP) is 3.94. The Balaban J connectivity index is 1.96. The number of benzene rings is 2. The molecule has 4 nitrogen and oxygen atoms in total. The smallest absolute Gasteiger partial charge is 0.338 e. The molecule has 0 fully saturated rings. The van der Waals surface area contributed by atoms with E-state index in [0.29, 0.717) is 11.3 Å². The van der Waals surface area contributed by atoms with Crippen molar-refractivity contribution in [2.75, 3.05) is 5.32 Å². The third-order valence-electron chi connectivity index (χ3n) is 3.02. The second-order valence-corrected chi connectivity index (χ2v) is 5.83. The third kappa shape index (κ3) is 4.43. The van der Waals surface area contributed by atoms with Crippen molar-refractivity contribution in [2.45, 2.75) is 20.0 Å². The van der Waals surface area contributed by atoms with Gasteiger partial charge in [0.15, 0.2) is 6.10 Å². The molecule has 0 aliphatic heterocycles. The molecule has 0 aliphatic rings. The zero-order valence-corrected chi connectivity index (χ0v) is 13.9. The minimum Gasteiger partial charge on any atom is -0.449 e. The van der Waals surface area contributed by atoms with Gasteiger partial charge in [0.1, 0.15) is 0 Å². The quantitative estimate of drug-likeness (QED) is 0.839. The summed E-state index contributed by atoms with van der Waals surface area (Å²) in [5, 5.41) is 2.70. The molecule has 0 spiro atoms. The molecule has 1 atom stereocenters. The first kappa shape index (κ1) is 16.2. The molecule has 0 aliphatic carbocycles. The minimum absolute atomic E-state index is 0.372. The van der Waals surface area contributed by atoms with Gasteiger partial charge in [-0.2, -0.15) is 0 Å². The normalized spacial score (nSPS) is 11.6. The highest BCUT2D eigenvalue weighted by Crippen LogP contribution is 2.15. The van der Waals surface area contributed by atoms with Gasteiger partial charge >= 0.3 is 5.97 Å². The highest BCUT2D eigenvalue weighted by molar-refractivity contribution is 9.10. The second-order valence-electron chi connectivity index (χ2n) is 4.91. The Labute approximate surface area is 137 Å². The molecule has 2 aromatic carbocycles. The van der Waals surface area contributed by atoms with Crippen molar-refractivity contribution >= 4 is 33.5 Å². The van der Waals surface area contributed by atoms with E-state index >= 15 is 0 Å². The summed E-state index contributed by atoms with van der Waals surface area (Å²) in [5.41, 5.74) is 2.04. The molecule has 0 unspecified atom stereocenters. The first-order valence-electron chi connectivity index (χ1n) is 6.80. The average Bonchev–Trinajstić information content (AvgIpc) is 2.49. The van der Waals surface area contributed by atoms with Crippen LogP contribution in [0, 0.1) is 6.92 Å². The first-order valence-corrected chi connectivity index (χ1v) is 7.59. The minimum atomic E-state index is -0.878. The second kappa shape index (κ2) is 7.22. The van der Waals surface area contributed by atoms with Crippen LogP contribution in [0.4, 0.5) is 5.69 Å². The summed E-state index contributed by atoms with van der Waals surface area (Å²) in [7, 11) is 0. The van der Waals surface area contributed by atoms with Crippen LogP contribution in [0.25, 0.3) is 0 Å². The number of carbonyl (C=O) groups is 2. The molecule has 1 amide bonds. The van der Waals surface area contributed by atoms with Crippen LogP contribution in [0.3, 0.4) is 0 Å². The summed E-state index contributed by atoms with van der Waals surface area (Å²) in [6.07, 6.45) is -0.878. The number of esters is 1. The number of aryl methyl sites for hydroxylation is 1. The summed E-state index contributed by atoms with van der Waals surface area (Å²) < 4.78 is 6.11. The fourth-order valence-corrected chi connectivity index (χ4v) is 2.10. The molecule has 0 aromatic heterocycles. The molecule has 0 saturated heterocycles. The topological polar surface area (TPSA) is 55.4 Å². The molecule has 0 bridgehead atoms. The van der Waals surface area contributed by atoms with Crippen molar-refractivity contribution in [1.29, 1.82) is 0 Å². The molecular weight excluding hydrogens is 346 g/mol. The van der Waals surface area contributed by atoms with Crippen molar-refractivity contribution in [3.8, 4) is 0 Å². The van der Waals surface area contributed by atoms with E-state index in [2.05, 4.69) is 21.2 Å². The Bertz CT molecular complexity index is 683. The zero-order chi connectivity index (χ0) is 16.1. The number of nitrogens with one attached hydrogen (secondary N) is 1. The molecule has 5 heteroatoms. The van der Waals surface area contributed by atoms with Crippen LogP contribution in [0.2, 0.25) is 0 Å². The highest BCUT2D eigenvalue weighted by atomic mass is 79.9. The standard InChI is InChI=1S/C17H16BrNO3/c1-11-4-3-5-13(10-11)17(21)22-12(2)16(20)19-15-8-6-14(18)7-9-15/h3-10,12H,1-2H3,(H,19,20)/t12-/m0/s1. The first-order chi connectivity index (χ1) is 10.5. The maximum absolute atomic E-state index is 12.0. The third-order valence-corrected chi connectivity index (χ3v) is 3.55. The van der Waals surface area contributed by atoms with E-state index in [1.54, 1.807) is 37.3 Å². The largest absolute Gasteiger partial charge is 0.449 e. The number of hydrogen-bond donors (Lipinski definition) is 1. The Kier molecular flexibility index (Phi) is 5.33. The molecule has 0 saturated carbocycles. The van der Waals surface area contributed by atoms with E-state index in [0.717, 1.165) is 10.0 Å². The Morgan fingerprint density at radius 1 is 1.14 bits per heavy atom. The van der Waals surface area contributed by atoms with E-state index in [1.807, 2.05) is 25.1 Å². The van der Waals surface area contributed by atoms with Crippen LogP contribution in [0.15, 0.2) is 53.0 Å². The van der Waals surface area contributed by atoms with E-state index < -0.39 is 12.1 Å². The monoisotopic (exact) mass is 361 g/mol. The van der Waals surface area contributed by atoms with E-state index in [-0.39, 0.29) is 5.91 Å². The van der Waals surface area contributed by atoms with Gasteiger partial charge in [0.05, 0.1) is 5.56 Å². The van der Waals surface area contributed by atoms with Gasteiger partial charge < -0.3 is 10.1 Å². The molecule has 2 rings (SSSR count). The lowest BCUT2D eigenvalue weighted by Gasteiger charge is -2.13. The molecule has 0 heterocycles. The van der Waals surface area contributed by atoms with Gasteiger partial charge in [-0.1, -0.05) is 33.6 Å².